The van der Waals surface area contributed by atoms with Crippen LogP contribution in [-0.4, -0.2) is 53.1 Å². The van der Waals surface area contributed by atoms with E-state index in [9.17, 15) is 14.7 Å². The van der Waals surface area contributed by atoms with Crippen LogP contribution in [0.1, 0.15) is 44.2 Å². The molecule has 7 nitrogen and oxygen atoms in total. The van der Waals surface area contributed by atoms with Gasteiger partial charge in [-0.05, 0) is 48.4 Å². The second kappa shape index (κ2) is 12.5. The van der Waals surface area contributed by atoms with Crippen LogP contribution in [0.5, 0.6) is 5.75 Å². The molecule has 0 aliphatic carbocycles. The number of hydrogen-bond donors (Lipinski definition) is 3. The van der Waals surface area contributed by atoms with Gasteiger partial charge >= 0.3 is 0 Å². The SMILES string of the molecule is CC(C)CC(N)C(=O)NC(Cc1ccc(OCc2ccccc2)cc1)C(=O)N1CCC(O)CC1. The van der Waals surface area contributed by atoms with E-state index >= 15 is 0 Å². The first kappa shape index (κ1) is 25.7. The van der Waals surface area contributed by atoms with E-state index in [1.807, 2.05) is 68.4 Å². The predicted molar refractivity (Wildman–Crippen MR) is 132 cm³/mol. The highest BCUT2D eigenvalue weighted by Gasteiger charge is 2.30. The fourth-order valence-electron chi connectivity index (χ4n) is 4.10. The van der Waals surface area contributed by atoms with Crippen molar-refractivity contribution >= 4 is 11.8 Å². The minimum absolute atomic E-state index is 0.138. The maximum absolute atomic E-state index is 13.3. The lowest BCUT2D eigenvalue weighted by Crippen LogP contribution is -2.55. The van der Waals surface area contributed by atoms with Gasteiger partial charge in [-0.1, -0.05) is 56.3 Å². The van der Waals surface area contributed by atoms with Gasteiger partial charge in [-0.3, -0.25) is 9.59 Å². The van der Waals surface area contributed by atoms with Crippen LogP contribution in [0.4, 0.5) is 0 Å². The topological polar surface area (TPSA) is 105 Å². The molecule has 4 N–H and O–H groups in total. The molecule has 2 aromatic carbocycles. The number of ether oxygens (including phenoxy) is 1. The van der Waals surface area contributed by atoms with E-state index in [4.69, 9.17) is 10.5 Å². The van der Waals surface area contributed by atoms with Crippen LogP contribution in [0.3, 0.4) is 0 Å². The molecule has 2 unspecified atom stereocenters. The summed E-state index contributed by atoms with van der Waals surface area (Å²) >= 11 is 0. The molecule has 0 radical (unpaired) electrons. The van der Waals surface area contributed by atoms with Crippen LogP contribution in [0.15, 0.2) is 54.6 Å². The van der Waals surface area contributed by atoms with Gasteiger partial charge in [0.15, 0.2) is 0 Å². The van der Waals surface area contributed by atoms with Crippen LogP contribution in [0.2, 0.25) is 0 Å². The average molecular weight is 468 g/mol. The number of aliphatic hydroxyl groups is 1. The first-order valence-corrected chi connectivity index (χ1v) is 12.1. The number of nitrogens with two attached hydrogens (primary N) is 1. The molecule has 3 rings (SSSR count). The van der Waals surface area contributed by atoms with E-state index in [1.165, 1.54) is 0 Å². The number of nitrogens with zero attached hydrogens (tertiary/aromatic N) is 1. The third-order valence-corrected chi connectivity index (χ3v) is 6.06. The molecule has 1 aliphatic rings. The van der Waals surface area contributed by atoms with Gasteiger partial charge in [0.25, 0.3) is 0 Å². The number of benzene rings is 2. The Morgan fingerprint density at radius 3 is 2.32 bits per heavy atom. The largest absolute Gasteiger partial charge is 0.489 e. The number of rotatable bonds is 10. The Morgan fingerprint density at radius 1 is 1.06 bits per heavy atom. The molecular formula is C27H37N3O4. The average Bonchev–Trinajstić information content (AvgIpc) is 2.83. The van der Waals surface area contributed by atoms with Crippen molar-refractivity contribution in [2.45, 2.75) is 64.3 Å². The molecule has 1 aliphatic heterocycles. The van der Waals surface area contributed by atoms with Gasteiger partial charge in [-0.15, -0.1) is 0 Å². The number of nitrogens with one attached hydrogen (secondary N) is 1. The summed E-state index contributed by atoms with van der Waals surface area (Å²) in [6, 6.07) is 16.2. The molecule has 2 aromatic rings. The van der Waals surface area contributed by atoms with E-state index in [2.05, 4.69) is 5.32 Å². The summed E-state index contributed by atoms with van der Waals surface area (Å²) in [4.78, 5) is 27.7. The standard InChI is InChI=1S/C27H37N3O4/c1-19(2)16-24(28)26(32)29-25(27(33)30-14-12-22(31)13-15-30)17-20-8-10-23(11-9-20)34-18-21-6-4-3-5-7-21/h3-11,19,22,24-25,31H,12-18,28H2,1-2H3,(H,29,32). The molecular weight excluding hydrogens is 430 g/mol. The predicted octanol–water partition coefficient (Wildman–Crippen LogP) is 2.65. The molecule has 0 aromatic heterocycles. The number of amides is 2. The molecule has 0 saturated carbocycles. The van der Waals surface area contributed by atoms with Crippen molar-refractivity contribution in [1.29, 1.82) is 0 Å². The molecule has 1 heterocycles. The zero-order chi connectivity index (χ0) is 24.5. The maximum atomic E-state index is 13.3. The fourth-order valence-corrected chi connectivity index (χ4v) is 4.10. The summed E-state index contributed by atoms with van der Waals surface area (Å²) in [5.41, 5.74) is 8.08. The molecule has 2 atom stereocenters. The second-order valence-electron chi connectivity index (χ2n) is 9.48. The Kier molecular flexibility index (Phi) is 9.48. The first-order chi connectivity index (χ1) is 16.3. The van der Waals surface area contributed by atoms with E-state index in [-0.39, 0.29) is 23.8 Å². The Bertz CT molecular complexity index is 909. The minimum atomic E-state index is -0.711. The van der Waals surface area contributed by atoms with Crippen molar-refractivity contribution in [1.82, 2.24) is 10.2 Å². The van der Waals surface area contributed by atoms with Crippen LogP contribution in [0.25, 0.3) is 0 Å². The summed E-state index contributed by atoms with van der Waals surface area (Å²) < 4.78 is 5.85. The van der Waals surface area contributed by atoms with Gasteiger partial charge in [0.05, 0.1) is 12.1 Å². The summed E-state index contributed by atoms with van der Waals surface area (Å²) in [5.74, 6) is 0.568. The summed E-state index contributed by atoms with van der Waals surface area (Å²) in [6.45, 7) is 5.46. The van der Waals surface area contributed by atoms with Crippen molar-refractivity contribution in [3.8, 4) is 5.75 Å². The monoisotopic (exact) mass is 467 g/mol. The minimum Gasteiger partial charge on any atom is -0.489 e. The zero-order valence-electron chi connectivity index (χ0n) is 20.2. The molecule has 184 valence electrons. The third-order valence-electron chi connectivity index (χ3n) is 6.06. The highest BCUT2D eigenvalue weighted by atomic mass is 16.5. The van der Waals surface area contributed by atoms with Crippen LogP contribution >= 0.6 is 0 Å². The number of aliphatic hydroxyl groups excluding tert-OH is 1. The summed E-state index contributed by atoms with van der Waals surface area (Å²) in [6.07, 6.45) is 1.63. The van der Waals surface area contributed by atoms with Crippen LogP contribution in [0, 0.1) is 5.92 Å². The molecule has 0 bridgehead atoms. The molecule has 7 heteroatoms. The Morgan fingerprint density at radius 2 is 1.71 bits per heavy atom. The van der Waals surface area contributed by atoms with Gasteiger partial charge in [0.2, 0.25) is 11.8 Å². The number of hydrogen-bond acceptors (Lipinski definition) is 5. The lowest BCUT2D eigenvalue weighted by Gasteiger charge is -2.33. The number of carbonyl (C=O) groups is 2. The van der Waals surface area contributed by atoms with Crippen LogP contribution in [-0.2, 0) is 22.6 Å². The van der Waals surface area contributed by atoms with Crippen molar-refractivity contribution in [3.63, 3.8) is 0 Å². The molecule has 0 spiro atoms. The van der Waals surface area contributed by atoms with Crippen molar-refractivity contribution in [2.24, 2.45) is 11.7 Å². The summed E-state index contributed by atoms with van der Waals surface area (Å²) in [5, 5.41) is 12.7. The number of carbonyl (C=O) groups excluding carboxylic acids is 2. The number of piperidine rings is 1. The van der Waals surface area contributed by atoms with Gasteiger partial charge in [0, 0.05) is 19.5 Å². The molecule has 2 amide bonds. The van der Waals surface area contributed by atoms with E-state index in [0.29, 0.717) is 45.4 Å². The van der Waals surface area contributed by atoms with E-state index in [1.54, 1.807) is 4.90 Å². The van der Waals surface area contributed by atoms with Crippen molar-refractivity contribution < 1.29 is 19.4 Å². The molecule has 1 fully saturated rings. The van der Waals surface area contributed by atoms with Gasteiger partial charge < -0.3 is 25.8 Å². The highest BCUT2D eigenvalue weighted by molar-refractivity contribution is 5.90. The smallest absolute Gasteiger partial charge is 0.245 e. The Hall–Kier alpha value is -2.90. The summed E-state index contributed by atoms with van der Waals surface area (Å²) in [7, 11) is 0. The molecule has 1 saturated heterocycles. The quantitative estimate of drug-likeness (QED) is 0.498. The zero-order valence-corrected chi connectivity index (χ0v) is 20.2. The molecule has 34 heavy (non-hydrogen) atoms. The fraction of sp³-hybridized carbons (Fsp3) is 0.481. The van der Waals surface area contributed by atoms with E-state index in [0.717, 1.165) is 16.9 Å². The number of likely N-dealkylation sites (tertiary alicyclic amines) is 1. The van der Waals surface area contributed by atoms with Crippen molar-refractivity contribution in [3.05, 3.63) is 65.7 Å². The van der Waals surface area contributed by atoms with E-state index < -0.39 is 12.1 Å². The Labute approximate surface area is 202 Å². The lowest BCUT2D eigenvalue weighted by atomic mass is 10.0. The van der Waals surface area contributed by atoms with Crippen molar-refractivity contribution in [2.75, 3.05) is 13.1 Å². The normalized spacial score (nSPS) is 16.2. The third kappa shape index (κ3) is 7.85. The lowest BCUT2D eigenvalue weighted by molar-refractivity contribution is -0.138. The Balaban J connectivity index is 1.65. The first-order valence-electron chi connectivity index (χ1n) is 12.1. The second-order valence-corrected chi connectivity index (χ2v) is 9.48. The van der Waals surface area contributed by atoms with Crippen LogP contribution < -0.4 is 15.8 Å². The maximum Gasteiger partial charge on any atom is 0.245 e. The van der Waals surface area contributed by atoms with Gasteiger partial charge in [-0.2, -0.15) is 0 Å². The van der Waals surface area contributed by atoms with Gasteiger partial charge in [-0.25, -0.2) is 0 Å². The highest BCUT2D eigenvalue weighted by Crippen LogP contribution is 2.18. The van der Waals surface area contributed by atoms with Gasteiger partial charge in [0.1, 0.15) is 18.4 Å².